The van der Waals surface area contributed by atoms with E-state index >= 15 is 0 Å². The van der Waals surface area contributed by atoms with Crippen LogP contribution in [0.15, 0.2) is 205 Å². The summed E-state index contributed by atoms with van der Waals surface area (Å²) in [5.74, 6) is 0. The zero-order valence-corrected chi connectivity index (χ0v) is 35.0. The van der Waals surface area contributed by atoms with Gasteiger partial charge < -0.3 is 9.32 Å². The molecule has 0 aliphatic carbocycles. The number of hydrogen-bond acceptors (Lipinski definition) is 2. The highest BCUT2D eigenvalue weighted by Crippen LogP contribution is 2.50. The molecule has 0 radical (unpaired) electrons. The summed E-state index contributed by atoms with van der Waals surface area (Å²) >= 11 is 0. The number of para-hydroxylation sites is 3. The number of anilines is 3. The minimum absolute atomic E-state index is 0.0550. The first kappa shape index (κ1) is 36.3. The number of hydrogen-bond donors (Lipinski definition) is 0. The van der Waals surface area contributed by atoms with Gasteiger partial charge in [-0.3, -0.25) is 0 Å². The summed E-state index contributed by atoms with van der Waals surface area (Å²) in [7, 11) is 0. The number of rotatable bonds is 7. The summed E-state index contributed by atoms with van der Waals surface area (Å²) in [4.78, 5) is 2.43. The van der Waals surface area contributed by atoms with Gasteiger partial charge >= 0.3 is 0 Å². The molecule has 0 unspecified atom stereocenters. The second-order valence-electron chi connectivity index (χ2n) is 16.9. The lowest BCUT2D eigenvalue weighted by Crippen LogP contribution is -2.54. The van der Waals surface area contributed by atoms with Crippen LogP contribution in [-0.4, -0.2) is 6.71 Å². The first-order valence-corrected chi connectivity index (χ1v) is 21.6. The second-order valence-corrected chi connectivity index (χ2v) is 16.9. The number of nitrogens with zero attached hydrogens (tertiary/aromatic N) is 1. The van der Waals surface area contributed by atoms with Crippen molar-refractivity contribution in [2.45, 2.75) is 20.8 Å². The molecule has 1 heterocycles. The zero-order valence-electron chi connectivity index (χ0n) is 35.0. The van der Waals surface area contributed by atoms with Gasteiger partial charge in [0.05, 0.1) is 11.4 Å². The molecule has 0 bridgehead atoms. The Morgan fingerprint density at radius 3 is 1.77 bits per heavy atom. The molecule has 0 atom stereocenters. The first-order chi connectivity index (χ1) is 30.5. The fourth-order valence-electron chi connectivity index (χ4n) is 10.7. The Bertz CT molecular complexity index is 3640. The van der Waals surface area contributed by atoms with E-state index < -0.39 is 0 Å². The highest BCUT2D eigenvalue weighted by molar-refractivity contribution is 6.97. The van der Waals surface area contributed by atoms with E-state index in [9.17, 15) is 0 Å². The number of fused-ring (bicyclic) bond motifs is 6. The molecule has 0 amide bonds. The predicted octanol–water partition coefficient (Wildman–Crippen LogP) is 14.2. The van der Waals surface area contributed by atoms with Crippen molar-refractivity contribution in [2.24, 2.45) is 0 Å². The maximum atomic E-state index is 7.12. The van der Waals surface area contributed by atoms with Crippen molar-refractivity contribution in [2.75, 3.05) is 4.90 Å². The van der Waals surface area contributed by atoms with Crippen molar-refractivity contribution in [3.8, 4) is 11.1 Å². The Kier molecular flexibility index (Phi) is 8.33. The largest absolute Gasteiger partial charge is 0.453 e. The van der Waals surface area contributed by atoms with Crippen LogP contribution in [0.3, 0.4) is 0 Å². The van der Waals surface area contributed by atoms with E-state index in [0.29, 0.717) is 0 Å². The fourth-order valence-corrected chi connectivity index (χ4v) is 10.7. The topological polar surface area (TPSA) is 16.4 Å². The van der Waals surface area contributed by atoms with Crippen LogP contribution in [-0.2, 0) is 0 Å². The summed E-state index contributed by atoms with van der Waals surface area (Å²) in [6.45, 7) is 6.82. The first-order valence-electron chi connectivity index (χ1n) is 21.6. The summed E-state index contributed by atoms with van der Waals surface area (Å²) in [6.07, 6.45) is 0. The van der Waals surface area contributed by atoms with E-state index in [1.54, 1.807) is 0 Å². The van der Waals surface area contributed by atoms with Gasteiger partial charge in [-0.25, -0.2) is 0 Å². The van der Waals surface area contributed by atoms with Crippen molar-refractivity contribution < 1.29 is 4.42 Å². The molecule has 2 nitrogen and oxygen atoms in total. The standard InChI is InChI=1S/C59H42BNO/c1-37-35-38(2)57(39(3)36-37)60(42-19-9-5-10-20-42)51-33-32-47-45-23-13-14-24-46(45)56-52(34-30-41-29-31-50(51)55(47)54(41)56)61(43-21-11-6-12-22-43)53-28-16-27-49-48-26-15-25-44(58(48)62-59(49)53)40-17-7-4-8-18-40/h4-36H,1-3H3. The van der Waals surface area contributed by atoms with Crippen LogP contribution in [0.2, 0.25) is 0 Å². The average Bonchev–Trinajstić information content (AvgIpc) is 3.71. The Balaban J connectivity index is 1.18. The van der Waals surface area contributed by atoms with Gasteiger partial charge in [0.2, 0.25) is 6.71 Å². The van der Waals surface area contributed by atoms with Crippen LogP contribution < -0.4 is 21.3 Å². The summed E-state index contributed by atoms with van der Waals surface area (Å²) in [6, 6.07) is 73.4. The van der Waals surface area contributed by atoms with Crippen LogP contribution in [0.5, 0.6) is 0 Å². The van der Waals surface area contributed by atoms with Crippen molar-refractivity contribution >= 4 is 105 Å². The minimum Gasteiger partial charge on any atom is -0.453 e. The molecule has 11 aromatic carbocycles. The number of furan rings is 1. The lowest BCUT2D eigenvalue weighted by molar-refractivity contribution is 0.670. The number of aryl methyl sites for hydroxylation is 3. The Labute approximate surface area is 361 Å². The molecule has 0 aliphatic rings. The van der Waals surface area contributed by atoms with E-state index in [0.717, 1.165) is 50.1 Å². The molecule has 3 heteroatoms. The smallest absolute Gasteiger partial charge is 0.242 e. The Hall–Kier alpha value is -7.62. The third-order valence-electron chi connectivity index (χ3n) is 13.2. The molecule has 1 aromatic heterocycles. The zero-order chi connectivity index (χ0) is 41.5. The molecule has 0 N–H and O–H groups in total. The molecule has 0 saturated heterocycles. The van der Waals surface area contributed by atoms with Gasteiger partial charge in [0.25, 0.3) is 0 Å². The van der Waals surface area contributed by atoms with E-state index in [1.807, 2.05) is 0 Å². The van der Waals surface area contributed by atoms with Crippen molar-refractivity contribution in [3.05, 3.63) is 217 Å². The van der Waals surface area contributed by atoms with Gasteiger partial charge in [0.1, 0.15) is 5.58 Å². The third kappa shape index (κ3) is 5.51. The molecule has 12 rings (SSSR count). The number of benzene rings is 11. The average molecular weight is 792 g/mol. The summed E-state index contributed by atoms with van der Waals surface area (Å²) < 4.78 is 7.12. The predicted molar refractivity (Wildman–Crippen MR) is 267 cm³/mol. The lowest BCUT2D eigenvalue weighted by Gasteiger charge is -2.29. The molecule has 62 heavy (non-hydrogen) atoms. The van der Waals surface area contributed by atoms with Gasteiger partial charge in [-0.2, -0.15) is 0 Å². The Morgan fingerprint density at radius 1 is 0.419 bits per heavy atom. The van der Waals surface area contributed by atoms with Crippen LogP contribution in [0.4, 0.5) is 17.1 Å². The van der Waals surface area contributed by atoms with Crippen LogP contribution in [0.25, 0.3) is 76.2 Å². The quantitative estimate of drug-likeness (QED) is 0.0908. The van der Waals surface area contributed by atoms with Crippen LogP contribution in [0.1, 0.15) is 16.7 Å². The maximum Gasteiger partial charge on any atom is 0.242 e. The molecule has 0 spiro atoms. The van der Waals surface area contributed by atoms with Gasteiger partial charge in [0.15, 0.2) is 5.58 Å². The van der Waals surface area contributed by atoms with Crippen LogP contribution in [0, 0.1) is 20.8 Å². The fraction of sp³-hybridized carbons (Fsp3) is 0.0508. The van der Waals surface area contributed by atoms with Crippen molar-refractivity contribution in [1.82, 2.24) is 0 Å². The van der Waals surface area contributed by atoms with Crippen molar-refractivity contribution in [3.63, 3.8) is 0 Å². The molecule has 0 fully saturated rings. The third-order valence-corrected chi connectivity index (χ3v) is 13.2. The van der Waals surface area contributed by atoms with Gasteiger partial charge in [-0.1, -0.05) is 209 Å². The molecular formula is C59H42BNO. The monoisotopic (exact) mass is 791 g/mol. The normalized spacial score (nSPS) is 11.8. The molecule has 0 saturated carbocycles. The molecule has 292 valence electrons. The molecular weight excluding hydrogens is 749 g/mol. The second kappa shape index (κ2) is 14.3. The highest BCUT2D eigenvalue weighted by Gasteiger charge is 2.30. The minimum atomic E-state index is 0.0550. The van der Waals surface area contributed by atoms with E-state index in [1.165, 1.54) is 76.2 Å². The Morgan fingerprint density at radius 2 is 1.02 bits per heavy atom. The highest BCUT2D eigenvalue weighted by atomic mass is 16.3. The summed E-state index contributed by atoms with van der Waals surface area (Å²) in [5.41, 5.74) is 15.1. The molecule has 0 aliphatic heterocycles. The van der Waals surface area contributed by atoms with Crippen LogP contribution >= 0.6 is 0 Å². The van der Waals surface area contributed by atoms with Gasteiger partial charge in [-0.15, -0.1) is 0 Å². The molecule has 12 aromatic rings. The lowest BCUT2D eigenvalue weighted by atomic mass is 9.35. The summed E-state index contributed by atoms with van der Waals surface area (Å²) in [5, 5.41) is 12.3. The SMILES string of the molecule is Cc1cc(C)c(B(c2ccccc2)c2ccc3c4ccccc4c4c(N(c5ccccc5)c5cccc6c5oc5c(-c7ccccc7)cccc56)ccc5ccc2c3c54)c(C)c1. The van der Waals surface area contributed by atoms with E-state index in [4.69, 9.17) is 4.42 Å². The van der Waals surface area contributed by atoms with Gasteiger partial charge in [0, 0.05) is 32.8 Å². The van der Waals surface area contributed by atoms with Crippen molar-refractivity contribution in [1.29, 1.82) is 0 Å². The van der Waals surface area contributed by atoms with Gasteiger partial charge in [-0.05, 0) is 82.9 Å². The maximum absolute atomic E-state index is 7.12. The van der Waals surface area contributed by atoms with E-state index in [-0.39, 0.29) is 6.71 Å². The van der Waals surface area contributed by atoms with E-state index in [2.05, 4.69) is 226 Å².